The van der Waals surface area contributed by atoms with E-state index in [9.17, 15) is 4.79 Å². The lowest BCUT2D eigenvalue weighted by atomic mass is 10.1. The Bertz CT molecular complexity index is 322. The molecule has 1 amide bonds. The molecule has 0 bridgehead atoms. The lowest BCUT2D eigenvalue weighted by Crippen LogP contribution is -2.40. The summed E-state index contributed by atoms with van der Waals surface area (Å²) in [5.41, 5.74) is 6.20. The molecule has 4 N–H and O–H groups in total. The van der Waals surface area contributed by atoms with Gasteiger partial charge in [0.2, 0.25) is 5.91 Å². The molecule has 0 aliphatic heterocycles. The number of carbonyl (C=O) groups excluding carboxylic acids is 1. The largest absolute Gasteiger partial charge is 0.508 e. The number of nitrogens with one attached hydrogen (secondary N) is 1. The zero-order chi connectivity index (χ0) is 11.3. The summed E-state index contributed by atoms with van der Waals surface area (Å²) in [4.78, 5) is 10.9. The van der Waals surface area contributed by atoms with Gasteiger partial charge in [-0.2, -0.15) is 0 Å². The topological polar surface area (TPSA) is 75.3 Å². The molecular weight excluding hydrogens is 192 g/mol. The average Bonchev–Trinajstić information content (AvgIpc) is 2.21. The normalized spacial score (nSPS) is 12.3. The fourth-order valence-electron chi connectivity index (χ4n) is 1.30. The molecule has 1 rings (SSSR count). The van der Waals surface area contributed by atoms with Crippen LogP contribution in [0, 0.1) is 0 Å². The number of hydrogen-bond donors (Lipinski definition) is 3. The SMILES string of the molecule is CCC(NCc1ccc(O)cc1)C(N)=O. The second kappa shape index (κ2) is 5.36. The van der Waals surface area contributed by atoms with Gasteiger partial charge >= 0.3 is 0 Å². The first-order chi connectivity index (χ1) is 7.13. The average molecular weight is 208 g/mol. The monoisotopic (exact) mass is 208 g/mol. The standard InChI is InChI=1S/C11H16N2O2/c1-2-10(11(12)15)13-7-8-3-5-9(14)6-4-8/h3-6,10,13-14H,2,7H2,1H3,(H2,12,15). The summed E-state index contributed by atoms with van der Waals surface area (Å²) in [6, 6.07) is 6.54. The highest BCUT2D eigenvalue weighted by Gasteiger charge is 2.10. The van der Waals surface area contributed by atoms with Gasteiger partial charge in [-0.3, -0.25) is 4.79 Å². The number of primary amides is 1. The lowest BCUT2D eigenvalue weighted by molar-refractivity contribution is -0.120. The van der Waals surface area contributed by atoms with E-state index in [2.05, 4.69) is 5.32 Å². The highest BCUT2D eigenvalue weighted by Crippen LogP contribution is 2.09. The van der Waals surface area contributed by atoms with E-state index in [-0.39, 0.29) is 17.7 Å². The highest BCUT2D eigenvalue weighted by molar-refractivity contribution is 5.79. The van der Waals surface area contributed by atoms with Gasteiger partial charge in [0, 0.05) is 6.54 Å². The molecule has 82 valence electrons. The van der Waals surface area contributed by atoms with Gasteiger partial charge < -0.3 is 16.2 Å². The van der Waals surface area contributed by atoms with Crippen molar-refractivity contribution in [3.8, 4) is 5.75 Å². The van der Waals surface area contributed by atoms with Gasteiger partial charge in [0.1, 0.15) is 5.75 Å². The molecular formula is C11H16N2O2. The van der Waals surface area contributed by atoms with E-state index in [1.807, 2.05) is 6.92 Å². The molecule has 1 aromatic rings. The molecule has 1 unspecified atom stereocenters. The molecule has 0 saturated carbocycles. The van der Waals surface area contributed by atoms with Crippen molar-refractivity contribution in [2.24, 2.45) is 5.73 Å². The van der Waals surface area contributed by atoms with Crippen LogP contribution in [-0.4, -0.2) is 17.1 Å². The number of hydrogen-bond acceptors (Lipinski definition) is 3. The molecule has 0 aromatic heterocycles. The van der Waals surface area contributed by atoms with Crippen LogP contribution >= 0.6 is 0 Å². The minimum atomic E-state index is -0.337. The number of nitrogens with two attached hydrogens (primary N) is 1. The van der Waals surface area contributed by atoms with Crippen molar-refractivity contribution in [1.82, 2.24) is 5.32 Å². The van der Waals surface area contributed by atoms with Crippen LogP contribution in [-0.2, 0) is 11.3 Å². The zero-order valence-electron chi connectivity index (χ0n) is 8.73. The Morgan fingerprint density at radius 3 is 2.53 bits per heavy atom. The number of aromatic hydroxyl groups is 1. The molecule has 0 fully saturated rings. The summed E-state index contributed by atoms with van der Waals surface area (Å²) < 4.78 is 0. The molecule has 0 aliphatic rings. The van der Waals surface area contributed by atoms with Crippen molar-refractivity contribution in [2.75, 3.05) is 0 Å². The Balaban J connectivity index is 2.49. The Morgan fingerprint density at radius 2 is 2.07 bits per heavy atom. The van der Waals surface area contributed by atoms with Gasteiger partial charge in [-0.25, -0.2) is 0 Å². The van der Waals surface area contributed by atoms with Gasteiger partial charge in [-0.05, 0) is 24.1 Å². The van der Waals surface area contributed by atoms with Crippen LogP contribution in [0.25, 0.3) is 0 Å². The predicted molar refractivity (Wildman–Crippen MR) is 58.2 cm³/mol. The van der Waals surface area contributed by atoms with Crippen molar-refractivity contribution in [1.29, 1.82) is 0 Å². The summed E-state index contributed by atoms with van der Waals surface area (Å²) in [5, 5.41) is 12.1. The first kappa shape index (κ1) is 11.5. The Morgan fingerprint density at radius 1 is 1.47 bits per heavy atom. The van der Waals surface area contributed by atoms with Crippen molar-refractivity contribution in [3.63, 3.8) is 0 Å². The number of phenols is 1. The second-order valence-corrected chi connectivity index (χ2v) is 3.41. The fraction of sp³-hybridized carbons (Fsp3) is 0.364. The molecule has 0 spiro atoms. The maximum Gasteiger partial charge on any atom is 0.234 e. The van der Waals surface area contributed by atoms with Crippen LogP contribution in [0.5, 0.6) is 5.75 Å². The van der Waals surface area contributed by atoms with Gasteiger partial charge in [-0.15, -0.1) is 0 Å². The van der Waals surface area contributed by atoms with Crippen molar-refractivity contribution in [2.45, 2.75) is 25.9 Å². The summed E-state index contributed by atoms with van der Waals surface area (Å²) in [5.74, 6) is -0.100. The van der Waals surface area contributed by atoms with Crippen LogP contribution < -0.4 is 11.1 Å². The first-order valence-corrected chi connectivity index (χ1v) is 4.94. The van der Waals surface area contributed by atoms with E-state index in [0.29, 0.717) is 13.0 Å². The van der Waals surface area contributed by atoms with Gasteiger partial charge in [0.05, 0.1) is 6.04 Å². The van der Waals surface area contributed by atoms with E-state index in [4.69, 9.17) is 10.8 Å². The van der Waals surface area contributed by atoms with E-state index < -0.39 is 0 Å². The van der Waals surface area contributed by atoms with E-state index >= 15 is 0 Å². The second-order valence-electron chi connectivity index (χ2n) is 3.41. The molecule has 1 atom stereocenters. The van der Waals surface area contributed by atoms with Gasteiger partial charge in [0.25, 0.3) is 0 Å². The van der Waals surface area contributed by atoms with Crippen LogP contribution in [0.2, 0.25) is 0 Å². The Labute approximate surface area is 89.1 Å². The predicted octanol–water partition coefficient (Wildman–Crippen LogP) is 0.746. The van der Waals surface area contributed by atoms with E-state index in [0.717, 1.165) is 5.56 Å². The minimum absolute atomic E-state index is 0.237. The Kier molecular flexibility index (Phi) is 4.12. The Hall–Kier alpha value is -1.55. The first-order valence-electron chi connectivity index (χ1n) is 4.94. The van der Waals surface area contributed by atoms with Crippen LogP contribution in [0.3, 0.4) is 0 Å². The maximum atomic E-state index is 10.9. The molecule has 1 aromatic carbocycles. The number of benzene rings is 1. The molecule has 0 aliphatic carbocycles. The molecule has 0 radical (unpaired) electrons. The van der Waals surface area contributed by atoms with Crippen molar-refractivity contribution < 1.29 is 9.90 Å². The molecule has 0 saturated heterocycles. The zero-order valence-corrected chi connectivity index (χ0v) is 8.73. The quantitative estimate of drug-likeness (QED) is 0.668. The van der Waals surface area contributed by atoms with E-state index in [1.54, 1.807) is 24.3 Å². The number of phenolic OH excluding ortho intramolecular Hbond substituents is 1. The molecule has 0 heterocycles. The lowest BCUT2D eigenvalue weighted by Gasteiger charge is -2.12. The van der Waals surface area contributed by atoms with Gasteiger partial charge in [0.15, 0.2) is 0 Å². The van der Waals surface area contributed by atoms with Crippen molar-refractivity contribution in [3.05, 3.63) is 29.8 Å². The summed E-state index contributed by atoms with van der Waals surface area (Å²) in [6.45, 7) is 2.47. The number of rotatable bonds is 5. The van der Waals surface area contributed by atoms with E-state index in [1.165, 1.54) is 0 Å². The number of amides is 1. The molecule has 15 heavy (non-hydrogen) atoms. The summed E-state index contributed by atoms with van der Waals surface area (Å²) in [7, 11) is 0. The van der Waals surface area contributed by atoms with Crippen molar-refractivity contribution >= 4 is 5.91 Å². The highest BCUT2D eigenvalue weighted by atomic mass is 16.3. The minimum Gasteiger partial charge on any atom is -0.508 e. The third kappa shape index (κ3) is 3.59. The third-order valence-electron chi connectivity index (χ3n) is 2.24. The van der Waals surface area contributed by atoms with Crippen LogP contribution in [0.15, 0.2) is 24.3 Å². The molecule has 4 nitrogen and oxygen atoms in total. The number of carbonyl (C=O) groups is 1. The summed E-state index contributed by atoms with van der Waals surface area (Å²) >= 11 is 0. The van der Waals surface area contributed by atoms with Crippen LogP contribution in [0.4, 0.5) is 0 Å². The molecule has 4 heteroatoms. The summed E-state index contributed by atoms with van der Waals surface area (Å²) in [6.07, 6.45) is 0.674. The smallest absolute Gasteiger partial charge is 0.234 e. The third-order valence-corrected chi connectivity index (χ3v) is 2.24. The van der Waals surface area contributed by atoms with Crippen LogP contribution in [0.1, 0.15) is 18.9 Å². The fourth-order valence-corrected chi connectivity index (χ4v) is 1.30. The maximum absolute atomic E-state index is 10.9. The van der Waals surface area contributed by atoms with Gasteiger partial charge in [-0.1, -0.05) is 19.1 Å².